The molecule has 1 aliphatic rings. The van der Waals surface area contributed by atoms with Crippen molar-refractivity contribution in [1.29, 1.82) is 5.26 Å². The number of nitrogens with zero attached hydrogens (tertiary/aromatic N) is 2. The van der Waals surface area contributed by atoms with Crippen molar-refractivity contribution in [3.63, 3.8) is 0 Å². The van der Waals surface area contributed by atoms with Gasteiger partial charge in [0.2, 0.25) is 0 Å². The summed E-state index contributed by atoms with van der Waals surface area (Å²) < 4.78 is 0. The number of nitriles is 1. The monoisotopic (exact) mass is 139 g/mol. The van der Waals surface area contributed by atoms with Crippen LogP contribution in [0.15, 0.2) is 16.8 Å². The molecule has 0 aromatic heterocycles. The Morgan fingerprint density at radius 1 is 1.89 bits per heavy atom. The average molecular weight is 139 g/mol. The second-order valence-electron chi connectivity index (χ2n) is 1.50. The first-order valence-corrected chi connectivity index (χ1v) is 3.37. The molecular formula is C5H5N3S. The van der Waals surface area contributed by atoms with Crippen molar-refractivity contribution < 1.29 is 0 Å². The smallest absolute Gasteiger partial charge is 0.159 e. The predicted octanol–water partition coefficient (Wildman–Crippen LogP) is 0.455. The Bertz CT molecular complexity index is 211. The number of allylic oxidation sites excluding steroid dienone is 1. The molecule has 0 radical (unpaired) electrons. The van der Waals surface area contributed by atoms with E-state index in [4.69, 9.17) is 11.0 Å². The molecule has 1 aliphatic heterocycles. The van der Waals surface area contributed by atoms with Gasteiger partial charge in [0.1, 0.15) is 0 Å². The molecule has 0 unspecified atom stereocenters. The van der Waals surface area contributed by atoms with Gasteiger partial charge in [-0.3, -0.25) is 0 Å². The Morgan fingerprint density at radius 2 is 2.67 bits per heavy atom. The second-order valence-corrected chi connectivity index (χ2v) is 2.50. The maximum atomic E-state index is 8.17. The number of hydrogen-bond acceptors (Lipinski definition) is 4. The molecule has 0 saturated carbocycles. The van der Waals surface area contributed by atoms with E-state index in [9.17, 15) is 0 Å². The summed E-state index contributed by atoms with van der Waals surface area (Å²) in [4.78, 5) is 3.87. The van der Waals surface area contributed by atoms with Gasteiger partial charge in [0.15, 0.2) is 5.17 Å². The van der Waals surface area contributed by atoms with E-state index in [1.807, 2.05) is 6.07 Å². The minimum Gasteiger partial charge on any atom is -0.378 e. The highest BCUT2D eigenvalue weighted by molar-refractivity contribution is 8.14. The number of amidine groups is 1. The van der Waals surface area contributed by atoms with E-state index in [2.05, 4.69) is 4.99 Å². The van der Waals surface area contributed by atoms with Gasteiger partial charge < -0.3 is 5.73 Å². The quantitative estimate of drug-likeness (QED) is 0.496. The summed E-state index contributed by atoms with van der Waals surface area (Å²) in [5.74, 6) is 0.736. The molecule has 0 aromatic rings. The molecule has 9 heavy (non-hydrogen) atoms. The summed E-state index contributed by atoms with van der Waals surface area (Å²) >= 11 is 1.45. The van der Waals surface area contributed by atoms with Gasteiger partial charge in [0, 0.05) is 11.8 Å². The molecule has 46 valence electrons. The van der Waals surface area contributed by atoms with Crippen LogP contribution in [-0.2, 0) is 0 Å². The van der Waals surface area contributed by atoms with Crippen molar-refractivity contribution in [3.05, 3.63) is 11.8 Å². The maximum absolute atomic E-state index is 8.17. The lowest BCUT2D eigenvalue weighted by atomic mass is 10.5. The molecule has 0 saturated heterocycles. The Balaban J connectivity index is 2.70. The van der Waals surface area contributed by atoms with E-state index in [0.717, 1.165) is 11.4 Å². The van der Waals surface area contributed by atoms with Crippen LogP contribution < -0.4 is 5.73 Å². The number of nitrogens with two attached hydrogens (primary N) is 1. The minimum absolute atomic E-state index is 0.552. The van der Waals surface area contributed by atoms with Crippen molar-refractivity contribution in [2.75, 3.05) is 5.75 Å². The molecule has 0 amide bonds. The van der Waals surface area contributed by atoms with Gasteiger partial charge in [0.25, 0.3) is 0 Å². The van der Waals surface area contributed by atoms with Crippen molar-refractivity contribution in [3.8, 4) is 6.07 Å². The summed E-state index contributed by atoms with van der Waals surface area (Å²) in [5, 5.41) is 8.72. The third kappa shape index (κ3) is 1.47. The molecule has 1 rings (SSSR count). The summed E-state index contributed by atoms with van der Waals surface area (Å²) in [6.07, 6.45) is 1.41. The van der Waals surface area contributed by atoms with Gasteiger partial charge in [-0.2, -0.15) is 5.26 Å². The maximum Gasteiger partial charge on any atom is 0.159 e. The van der Waals surface area contributed by atoms with Gasteiger partial charge in [-0.15, -0.1) is 0 Å². The summed E-state index contributed by atoms with van der Waals surface area (Å²) in [6, 6.07) is 1.89. The van der Waals surface area contributed by atoms with Crippen LogP contribution in [0.2, 0.25) is 0 Å². The van der Waals surface area contributed by atoms with Gasteiger partial charge in [-0.05, 0) is 0 Å². The molecule has 0 aliphatic carbocycles. The Labute approximate surface area is 57.3 Å². The van der Waals surface area contributed by atoms with E-state index in [1.54, 1.807) is 0 Å². The third-order valence-corrected chi connectivity index (χ3v) is 1.68. The number of hydrogen-bond donors (Lipinski definition) is 1. The van der Waals surface area contributed by atoms with Gasteiger partial charge in [-0.1, -0.05) is 11.8 Å². The zero-order valence-electron chi connectivity index (χ0n) is 4.66. The van der Waals surface area contributed by atoms with E-state index < -0.39 is 0 Å². The first-order valence-electron chi connectivity index (χ1n) is 2.38. The average Bonchev–Trinajstić information content (AvgIpc) is 2.17. The topological polar surface area (TPSA) is 62.2 Å². The van der Waals surface area contributed by atoms with Crippen LogP contribution in [0.4, 0.5) is 0 Å². The molecule has 0 spiro atoms. The van der Waals surface area contributed by atoms with Gasteiger partial charge >= 0.3 is 0 Å². The summed E-state index contributed by atoms with van der Waals surface area (Å²) in [7, 11) is 0. The lowest BCUT2D eigenvalue weighted by Gasteiger charge is -1.79. The third-order valence-electron chi connectivity index (χ3n) is 0.853. The first kappa shape index (κ1) is 6.17. The molecule has 1 heterocycles. The number of aliphatic imine (C=N–C) groups is 1. The Kier molecular flexibility index (Phi) is 1.75. The van der Waals surface area contributed by atoms with Crippen LogP contribution in [0, 0.1) is 11.3 Å². The van der Waals surface area contributed by atoms with E-state index in [-0.39, 0.29) is 0 Å². The minimum atomic E-state index is 0.552. The normalized spacial score (nSPS) is 21.7. The van der Waals surface area contributed by atoms with Crippen molar-refractivity contribution in [2.24, 2.45) is 10.7 Å². The van der Waals surface area contributed by atoms with Crippen molar-refractivity contribution in [1.82, 2.24) is 0 Å². The lowest BCUT2D eigenvalue weighted by Crippen LogP contribution is -2.00. The number of rotatable bonds is 0. The van der Waals surface area contributed by atoms with Crippen LogP contribution in [0.1, 0.15) is 0 Å². The summed E-state index contributed by atoms with van der Waals surface area (Å²) in [6.45, 7) is 0. The Morgan fingerprint density at radius 3 is 3.11 bits per heavy atom. The zero-order chi connectivity index (χ0) is 6.69. The fourth-order valence-corrected chi connectivity index (χ4v) is 1.13. The SMILES string of the molecule is N#CC=C1CSC(N)=N1. The van der Waals surface area contributed by atoms with Crippen molar-refractivity contribution >= 4 is 16.9 Å². The predicted molar refractivity (Wildman–Crippen MR) is 37.8 cm³/mol. The van der Waals surface area contributed by atoms with Gasteiger partial charge in [0.05, 0.1) is 11.8 Å². The van der Waals surface area contributed by atoms with E-state index >= 15 is 0 Å². The molecule has 0 atom stereocenters. The fourth-order valence-electron chi connectivity index (χ4n) is 0.502. The largest absolute Gasteiger partial charge is 0.378 e. The molecular weight excluding hydrogens is 134 g/mol. The molecule has 3 nitrogen and oxygen atoms in total. The fraction of sp³-hybridized carbons (Fsp3) is 0.200. The molecule has 2 N–H and O–H groups in total. The number of thioether (sulfide) groups is 1. The van der Waals surface area contributed by atoms with Crippen molar-refractivity contribution in [2.45, 2.75) is 0 Å². The Hall–Kier alpha value is -0.950. The van der Waals surface area contributed by atoms with Crippen LogP contribution in [0.5, 0.6) is 0 Å². The van der Waals surface area contributed by atoms with E-state index in [1.165, 1.54) is 17.8 Å². The summed E-state index contributed by atoms with van der Waals surface area (Å²) in [5.41, 5.74) is 6.08. The second kappa shape index (κ2) is 2.55. The highest BCUT2D eigenvalue weighted by Gasteiger charge is 2.06. The molecule has 4 heteroatoms. The lowest BCUT2D eigenvalue weighted by molar-refractivity contribution is 1.34. The first-order chi connectivity index (χ1) is 4.33. The molecule has 0 fully saturated rings. The molecule has 0 bridgehead atoms. The van der Waals surface area contributed by atoms with Gasteiger partial charge in [-0.25, -0.2) is 4.99 Å². The van der Waals surface area contributed by atoms with Crippen LogP contribution >= 0.6 is 11.8 Å². The zero-order valence-corrected chi connectivity index (χ0v) is 5.48. The van der Waals surface area contributed by atoms with Crippen LogP contribution in [0.3, 0.4) is 0 Å². The van der Waals surface area contributed by atoms with Crippen LogP contribution in [-0.4, -0.2) is 10.9 Å². The van der Waals surface area contributed by atoms with E-state index in [0.29, 0.717) is 5.17 Å². The highest BCUT2D eigenvalue weighted by Crippen LogP contribution is 2.16. The molecule has 0 aromatic carbocycles. The standard InChI is InChI=1S/C5H5N3S/c6-2-1-4-3-9-5(7)8-4/h1H,3H2,(H2,7,8). The highest BCUT2D eigenvalue weighted by atomic mass is 32.2. The van der Waals surface area contributed by atoms with Crippen LogP contribution in [0.25, 0.3) is 0 Å².